The van der Waals surface area contributed by atoms with E-state index in [0.29, 0.717) is 27.3 Å². The minimum Gasteiger partial charge on any atom is -0.456 e. The molecule has 6 heteroatoms. The van der Waals surface area contributed by atoms with Gasteiger partial charge in [-0.1, -0.05) is 12.1 Å². The number of benzene rings is 3. The van der Waals surface area contributed by atoms with Gasteiger partial charge >= 0.3 is 0 Å². The fourth-order valence-electron chi connectivity index (χ4n) is 4.22. The topological polar surface area (TPSA) is 42.8 Å². The molecule has 0 atom stereocenters. The molecule has 0 N–H and O–H groups in total. The normalized spacial score (nSPS) is 13.7. The Kier molecular flexibility index (Phi) is 3.13. The second-order valence-electron chi connectivity index (χ2n) is 7.12. The lowest BCUT2D eigenvalue weighted by atomic mass is 10.0. The molecule has 3 aromatic rings. The van der Waals surface area contributed by atoms with Crippen LogP contribution in [0.3, 0.4) is 0 Å². The van der Waals surface area contributed by atoms with E-state index in [1.54, 1.807) is 12.1 Å². The Morgan fingerprint density at radius 2 is 1.69 bits per heavy atom. The summed E-state index contributed by atoms with van der Waals surface area (Å²) in [6, 6.07) is 13.5. The Hall–Kier alpha value is -3.80. The number of hydrogen-bond donors (Lipinski definition) is 0. The van der Waals surface area contributed by atoms with Gasteiger partial charge in [-0.05, 0) is 41.8 Å². The van der Waals surface area contributed by atoms with E-state index in [2.05, 4.69) is 10.2 Å². The van der Waals surface area contributed by atoms with E-state index in [0.717, 1.165) is 26.9 Å². The molecule has 0 saturated carbocycles. The van der Waals surface area contributed by atoms with Crippen molar-refractivity contribution in [3.8, 4) is 0 Å². The maximum absolute atomic E-state index is 15.0. The van der Waals surface area contributed by atoms with Crippen molar-refractivity contribution in [1.29, 1.82) is 0 Å². The summed E-state index contributed by atoms with van der Waals surface area (Å²) in [5.74, 6) is -0.690. The number of nitrogens with zero attached hydrogens (tertiary/aromatic N) is 3. The lowest BCUT2D eigenvalue weighted by Gasteiger charge is -2.15. The molecule has 0 fully saturated rings. The second-order valence-corrected chi connectivity index (χ2v) is 7.12. The van der Waals surface area contributed by atoms with Gasteiger partial charge in [0.05, 0.1) is 17.8 Å². The molecule has 3 heterocycles. The molecule has 0 bridgehead atoms. The largest absolute Gasteiger partial charge is 0.456 e. The van der Waals surface area contributed by atoms with Crippen LogP contribution >= 0.6 is 0 Å². The predicted octanol–water partition coefficient (Wildman–Crippen LogP) is 4.58. The Morgan fingerprint density at radius 3 is 2.52 bits per heavy atom. The summed E-state index contributed by atoms with van der Waals surface area (Å²) >= 11 is 0. The molecular formula is C23H13F2N3O. The van der Waals surface area contributed by atoms with Crippen molar-refractivity contribution in [2.45, 2.75) is 0 Å². The predicted molar refractivity (Wildman–Crippen MR) is 110 cm³/mol. The fourth-order valence-corrected chi connectivity index (χ4v) is 4.22. The monoisotopic (exact) mass is 385 g/mol. The van der Waals surface area contributed by atoms with E-state index < -0.39 is 0 Å². The molecule has 6 rings (SSSR count). The van der Waals surface area contributed by atoms with E-state index in [9.17, 15) is 8.78 Å². The number of aryl methyl sites for hydroxylation is 1. The molecule has 0 spiro atoms. The van der Waals surface area contributed by atoms with Gasteiger partial charge in [0, 0.05) is 39.3 Å². The summed E-state index contributed by atoms with van der Waals surface area (Å²) < 4.78 is 37.1. The highest BCUT2D eigenvalue weighted by Gasteiger charge is 2.15. The van der Waals surface area contributed by atoms with Gasteiger partial charge < -0.3 is 8.98 Å². The smallest absolute Gasteiger partial charge is 0.137 e. The van der Waals surface area contributed by atoms with Gasteiger partial charge in [-0.2, -0.15) is 10.2 Å². The van der Waals surface area contributed by atoms with Crippen LogP contribution in [0.4, 0.5) is 8.78 Å². The van der Waals surface area contributed by atoms with Gasteiger partial charge in [-0.25, -0.2) is 8.78 Å². The van der Waals surface area contributed by atoms with Crippen LogP contribution in [-0.2, 0) is 7.05 Å². The van der Waals surface area contributed by atoms with Crippen LogP contribution in [0.2, 0.25) is 0 Å². The molecule has 0 radical (unpaired) electrons. The summed E-state index contributed by atoms with van der Waals surface area (Å²) in [7, 11) is 1.90. The number of aromatic nitrogens is 1. The first-order chi connectivity index (χ1) is 14.1. The van der Waals surface area contributed by atoms with E-state index in [-0.39, 0.29) is 11.6 Å². The maximum Gasteiger partial charge on any atom is 0.137 e. The minimum absolute atomic E-state index is 0.339. The molecular weight excluding hydrogens is 372 g/mol. The van der Waals surface area contributed by atoms with Gasteiger partial charge in [-0.15, -0.1) is 0 Å². The van der Waals surface area contributed by atoms with Crippen molar-refractivity contribution in [3.05, 3.63) is 76.0 Å². The standard InChI is InChI=1S/C23H13F2N3O/c1-28-19-9-15(12-10-26-27-11-12)18(25)8-16(19)14-3-2-4-21-22(14)23(28)17-7-13(24)5-6-20(17)29-21/h2-11H,1H3. The van der Waals surface area contributed by atoms with Gasteiger partial charge in [-0.3, -0.25) is 0 Å². The van der Waals surface area contributed by atoms with Crippen molar-refractivity contribution < 1.29 is 13.2 Å². The van der Waals surface area contributed by atoms with E-state index in [1.807, 2.05) is 29.8 Å². The molecule has 0 aliphatic carbocycles. The molecule has 0 unspecified atom stereocenters. The fraction of sp³-hybridized carbons (Fsp3) is 0.0435. The first-order valence-electron chi connectivity index (χ1n) is 9.11. The number of rotatable bonds is 0. The summed E-state index contributed by atoms with van der Waals surface area (Å²) in [5, 5.41) is 12.0. The molecule has 29 heavy (non-hydrogen) atoms. The lowest BCUT2D eigenvalue weighted by molar-refractivity contribution is 0.620. The van der Waals surface area contributed by atoms with Crippen molar-refractivity contribution in [2.75, 3.05) is 0 Å². The van der Waals surface area contributed by atoms with Crippen LogP contribution in [0.5, 0.6) is 0 Å². The van der Waals surface area contributed by atoms with Gasteiger partial charge in [0.1, 0.15) is 22.8 Å². The zero-order valence-electron chi connectivity index (χ0n) is 15.3. The van der Waals surface area contributed by atoms with Crippen LogP contribution in [0.15, 0.2) is 63.2 Å². The maximum atomic E-state index is 15.0. The Bertz CT molecular complexity index is 1680. The third-order valence-electron chi connectivity index (χ3n) is 5.52. The van der Waals surface area contributed by atoms with E-state index in [1.165, 1.54) is 30.6 Å². The van der Waals surface area contributed by atoms with Crippen molar-refractivity contribution in [1.82, 2.24) is 4.57 Å². The Labute approximate surface area is 162 Å². The van der Waals surface area contributed by atoms with Crippen molar-refractivity contribution >= 4 is 50.8 Å². The molecule has 4 nitrogen and oxygen atoms in total. The number of fused-ring (bicyclic) bond motifs is 4. The Balaban J connectivity index is 1.98. The number of halogens is 2. The van der Waals surface area contributed by atoms with E-state index in [4.69, 9.17) is 4.42 Å². The third-order valence-corrected chi connectivity index (χ3v) is 5.52. The highest BCUT2D eigenvalue weighted by atomic mass is 19.1. The molecule has 140 valence electrons. The first-order valence-corrected chi connectivity index (χ1v) is 9.11. The zero-order valence-corrected chi connectivity index (χ0v) is 15.3. The van der Waals surface area contributed by atoms with Gasteiger partial charge in [0.2, 0.25) is 0 Å². The second kappa shape index (κ2) is 5.61. The van der Waals surface area contributed by atoms with Crippen LogP contribution in [0.25, 0.3) is 38.4 Å². The lowest BCUT2D eigenvalue weighted by Crippen LogP contribution is -2.14. The average molecular weight is 385 g/mol. The molecule has 3 aliphatic rings. The SMILES string of the molecule is Cn1c2c3cc(F)ccc3oc3cccc(c3=2)c2cc(F)c(=C3C=NN=C3)cc21. The zero-order chi connectivity index (χ0) is 19.7. The molecule has 0 amide bonds. The van der Waals surface area contributed by atoms with Crippen LogP contribution in [0, 0.1) is 22.2 Å². The molecule has 3 aliphatic heterocycles. The average Bonchev–Trinajstić information content (AvgIpc) is 3.25. The minimum atomic E-state index is -0.351. The van der Waals surface area contributed by atoms with Crippen LogP contribution in [0.1, 0.15) is 0 Å². The summed E-state index contributed by atoms with van der Waals surface area (Å²) in [5.41, 5.74) is 2.69. The molecule has 3 aromatic carbocycles. The first kappa shape index (κ1) is 16.2. The van der Waals surface area contributed by atoms with Crippen LogP contribution < -0.4 is 5.22 Å². The number of hydrogen-bond acceptors (Lipinski definition) is 3. The van der Waals surface area contributed by atoms with Gasteiger partial charge in [0.15, 0.2) is 0 Å². The van der Waals surface area contributed by atoms with E-state index >= 15 is 0 Å². The highest BCUT2D eigenvalue weighted by Crippen LogP contribution is 2.30. The third kappa shape index (κ3) is 2.17. The molecule has 0 saturated heterocycles. The Morgan fingerprint density at radius 1 is 0.862 bits per heavy atom. The highest BCUT2D eigenvalue weighted by molar-refractivity contribution is 6.30. The van der Waals surface area contributed by atoms with Crippen molar-refractivity contribution in [2.24, 2.45) is 17.3 Å². The summed E-state index contributed by atoms with van der Waals surface area (Å²) in [4.78, 5) is 0. The van der Waals surface area contributed by atoms with Crippen molar-refractivity contribution in [3.63, 3.8) is 0 Å². The quantitative estimate of drug-likeness (QED) is 0.385. The molecule has 0 aromatic heterocycles. The van der Waals surface area contributed by atoms with Gasteiger partial charge in [0.25, 0.3) is 0 Å². The summed E-state index contributed by atoms with van der Waals surface area (Å²) in [6.07, 6.45) is 3.07. The van der Waals surface area contributed by atoms with Crippen LogP contribution in [-0.4, -0.2) is 17.0 Å². The summed E-state index contributed by atoms with van der Waals surface area (Å²) in [6.45, 7) is 0.